The highest BCUT2D eigenvalue weighted by molar-refractivity contribution is 5.82. The normalized spacial score (nSPS) is 20.7. The first kappa shape index (κ1) is 15.2. The maximum Gasteiger partial charge on any atom is 0.234 e. The van der Waals surface area contributed by atoms with Crippen LogP contribution in [0.1, 0.15) is 43.2 Å². The van der Waals surface area contributed by atoms with Gasteiger partial charge in [0.1, 0.15) is 5.78 Å². The lowest BCUT2D eigenvalue weighted by Crippen LogP contribution is -2.60. The van der Waals surface area contributed by atoms with E-state index in [-0.39, 0.29) is 11.4 Å². The summed E-state index contributed by atoms with van der Waals surface area (Å²) in [4.78, 5) is 26.2. The molecule has 118 valence electrons. The summed E-state index contributed by atoms with van der Waals surface area (Å²) in [7, 11) is 0. The highest BCUT2D eigenvalue weighted by Gasteiger charge is 2.46. The zero-order chi connectivity index (χ0) is 15.6. The first-order valence-corrected chi connectivity index (χ1v) is 8.16. The molecule has 4 heteroatoms. The van der Waals surface area contributed by atoms with Crippen molar-refractivity contribution in [2.24, 2.45) is 0 Å². The largest absolute Gasteiger partial charge is 0.351 e. The lowest BCUT2D eigenvalue weighted by Gasteiger charge is -2.52. The van der Waals surface area contributed by atoms with Crippen LogP contribution in [0.25, 0.3) is 0 Å². The number of benzene rings is 1. The number of Topliss-reactive ketones (excluding diaryl/α,β-unsaturated/α-hetero) is 1. The summed E-state index contributed by atoms with van der Waals surface area (Å²) in [5, 5.41) is 3.01. The van der Waals surface area contributed by atoms with E-state index in [2.05, 4.69) is 29.3 Å². The fraction of sp³-hybridized carbons (Fsp3) is 0.556. The van der Waals surface area contributed by atoms with Gasteiger partial charge in [-0.3, -0.25) is 14.5 Å². The summed E-state index contributed by atoms with van der Waals surface area (Å²) in [6.45, 7) is 3.77. The number of nitrogens with zero attached hydrogens (tertiary/aromatic N) is 1. The molecule has 1 spiro atoms. The molecule has 3 rings (SSSR count). The van der Waals surface area contributed by atoms with E-state index in [0.29, 0.717) is 31.7 Å². The lowest BCUT2D eigenvalue weighted by atomic mass is 9.70. The van der Waals surface area contributed by atoms with Crippen molar-refractivity contribution in [1.29, 1.82) is 0 Å². The van der Waals surface area contributed by atoms with Crippen molar-refractivity contribution in [2.75, 3.05) is 13.1 Å². The SMILES string of the molecule is Cc1cccc(CNC(=O)CN2CCC(=O)CC23CCC3)c1. The van der Waals surface area contributed by atoms with Crippen molar-refractivity contribution >= 4 is 11.7 Å². The molecule has 0 radical (unpaired) electrons. The number of aryl methyl sites for hydroxylation is 1. The minimum absolute atomic E-state index is 0.00396. The fourth-order valence-electron chi connectivity index (χ4n) is 3.64. The van der Waals surface area contributed by atoms with Crippen molar-refractivity contribution in [1.82, 2.24) is 10.2 Å². The molecule has 22 heavy (non-hydrogen) atoms. The van der Waals surface area contributed by atoms with Crippen LogP contribution in [0, 0.1) is 6.92 Å². The van der Waals surface area contributed by atoms with E-state index in [4.69, 9.17) is 0 Å². The number of carbonyl (C=O) groups is 2. The molecule has 0 unspecified atom stereocenters. The highest BCUT2D eigenvalue weighted by Crippen LogP contribution is 2.43. The van der Waals surface area contributed by atoms with Crippen molar-refractivity contribution in [3.05, 3.63) is 35.4 Å². The van der Waals surface area contributed by atoms with Gasteiger partial charge in [-0.15, -0.1) is 0 Å². The first-order chi connectivity index (χ1) is 10.6. The molecule has 1 saturated heterocycles. The molecule has 0 bridgehead atoms. The number of hydrogen-bond donors (Lipinski definition) is 1. The summed E-state index contributed by atoms with van der Waals surface area (Å²) in [6.07, 6.45) is 4.52. The van der Waals surface area contributed by atoms with Crippen LogP contribution in [0.5, 0.6) is 0 Å². The molecule has 1 aliphatic carbocycles. The summed E-state index contributed by atoms with van der Waals surface area (Å²) in [6, 6.07) is 8.18. The average Bonchev–Trinajstić information content (AvgIpc) is 2.45. The zero-order valence-corrected chi connectivity index (χ0v) is 13.2. The van der Waals surface area contributed by atoms with Gasteiger partial charge in [0.2, 0.25) is 5.91 Å². The number of amides is 1. The molecular weight excluding hydrogens is 276 g/mol. The van der Waals surface area contributed by atoms with Crippen molar-refractivity contribution in [2.45, 2.75) is 51.1 Å². The third-order valence-corrected chi connectivity index (χ3v) is 5.05. The van der Waals surface area contributed by atoms with Crippen LogP contribution >= 0.6 is 0 Å². The molecule has 1 aliphatic heterocycles. The summed E-state index contributed by atoms with van der Waals surface area (Å²) in [5.74, 6) is 0.415. The Kier molecular flexibility index (Phi) is 4.30. The number of hydrogen-bond acceptors (Lipinski definition) is 3. The minimum atomic E-state index is -0.00396. The van der Waals surface area contributed by atoms with E-state index in [0.717, 1.165) is 24.9 Å². The molecule has 1 aromatic carbocycles. The summed E-state index contributed by atoms with van der Waals surface area (Å²) >= 11 is 0. The highest BCUT2D eigenvalue weighted by atomic mass is 16.2. The van der Waals surface area contributed by atoms with Gasteiger partial charge in [-0.25, -0.2) is 0 Å². The Morgan fingerprint density at radius 2 is 2.18 bits per heavy atom. The van der Waals surface area contributed by atoms with Gasteiger partial charge in [-0.1, -0.05) is 29.8 Å². The standard InChI is InChI=1S/C18H24N2O2/c1-14-4-2-5-15(10-14)12-19-17(22)13-20-9-6-16(21)11-18(20)7-3-8-18/h2,4-5,10H,3,6-9,11-13H2,1H3,(H,19,22). The number of carbonyl (C=O) groups excluding carboxylic acids is 2. The lowest BCUT2D eigenvalue weighted by molar-refractivity contribution is -0.136. The number of nitrogens with one attached hydrogen (secondary N) is 1. The van der Waals surface area contributed by atoms with Gasteiger partial charge in [0.15, 0.2) is 0 Å². The second kappa shape index (κ2) is 6.21. The van der Waals surface area contributed by atoms with Gasteiger partial charge < -0.3 is 5.32 Å². The third kappa shape index (κ3) is 3.22. The summed E-state index contributed by atoms with van der Waals surface area (Å²) in [5.41, 5.74) is 2.32. The van der Waals surface area contributed by atoms with Crippen LogP contribution in [0.2, 0.25) is 0 Å². The molecule has 2 aliphatic rings. The molecule has 1 amide bonds. The number of rotatable bonds is 4. The van der Waals surface area contributed by atoms with Gasteiger partial charge in [-0.2, -0.15) is 0 Å². The smallest absolute Gasteiger partial charge is 0.234 e. The fourth-order valence-corrected chi connectivity index (χ4v) is 3.64. The topological polar surface area (TPSA) is 49.4 Å². The predicted molar refractivity (Wildman–Crippen MR) is 85.4 cm³/mol. The van der Waals surface area contributed by atoms with Gasteiger partial charge in [-0.05, 0) is 31.7 Å². The molecule has 1 N–H and O–H groups in total. The zero-order valence-electron chi connectivity index (χ0n) is 13.2. The van der Waals surface area contributed by atoms with E-state index < -0.39 is 0 Å². The molecule has 1 saturated carbocycles. The van der Waals surface area contributed by atoms with E-state index in [9.17, 15) is 9.59 Å². The van der Waals surface area contributed by atoms with Crippen LogP contribution in [-0.2, 0) is 16.1 Å². The second-order valence-corrected chi connectivity index (χ2v) is 6.73. The monoisotopic (exact) mass is 300 g/mol. The Balaban J connectivity index is 1.54. The van der Waals surface area contributed by atoms with Crippen LogP contribution in [0.3, 0.4) is 0 Å². The first-order valence-electron chi connectivity index (χ1n) is 8.16. The van der Waals surface area contributed by atoms with Crippen LogP contribution in [0.15, 0.2) is 24.3 Å². The Bertz CT molecular complexity index is 578. The average molecular weight is 300 g/mol. The van der Waals surface area contributed by atoms with E-state index in [1.165, 1.54) is 12.0 Å². The van der Waals surface area contributed by atoms with Crippen LogP contribution in [-0.4, -0.2) is 35.2 Å². The maximum absolute atomic E-state index is 12.2. The molecular formula is C18H24N2O2. The number of ketones is 1. The Morgan fingerprint density at radius 1 is 1.36 bits per heavy atom. The molecule has 4 nitrogen and oxygen atoms in total. The van der Waals surface area contributed by atoms with Crippen molar-refractivity contribution in [3.63, 3.8) is 0 Å². The van der Waals surface area contributed by atoms with Crippen molar-refractivity contribution in [3.8, 4) is 0 Å². The van der Waals surface area contributed by atoms with Gasteiger partial charge in [0.25, 0.3) is 0 Å². The second-order valence-electron chi connectivity index (χ2n) is 6.73. The van der Waals surface area contributed by atoms with Gasteiger partial charge in [0.05, 0.1) is 6.54 Å². The van der Waals surface area contributed by atoms with E-state index in [1.54, 1.807) is 0 Å². The van der Waals surface area contributed by atoms with E-state index in [1.807, 2.05) is 12.1 Å². The molecule has 0 aromatic heterocycles. The molecule has 1 aromatic rings. The maximum atomic E-state index is 12.2. The summed E-state index contributed by atoms with van der Waals surface area (Å²) < 4.78 is 0. The van der Waals surface area contributed by atoms with Gasteiger partial charge >= 0.3 is 0 Å². The molecule has 2 fully saturated rings. The number of piperidine rings is 1. The Morgan fingerprint density at radius 3 is 2.86 bits per heavy atom. The quantitative estimate of drug-likeness (QED) is 0.927. The Hall–Kier alpha value is -1.68. The van der Waals surface area contributed by atoms with E-state index >= 15 is 0 Å². The Labute approximate surface area is 131 Å². The third-order valence-electron chi connectivity index (χ3n) is 5.05. The van der Waals surface area contributed by atoms with Crippen LogP contribution < -0.4 is 5.32 Å². The molecule has 0 atom stereocenters. The molecule has 1 heterocycles. The predicted octanol–water partition coefficient (Wildman–Crippen LogP) is 2.20. The minimum Gasteiger partial charge on any atom is -0.351 e. The van der Waals surface area contributed by atoms with Gasteiger partial charge in [0, 0.05) is 31.5 Å². The van der Waals surface area contributed by atoms with Crippen LogP contribution in [0.4, 0.5) is 0 Å². The number of likely N-dealkylation sites (tertiary alicyclic amines) is 1. The van der Waals surface area contributed by atoms with Crippen molar-refractivity contribution < 1.29 is 9.59 Å².